The summed E-state index contributed by atoms with van der Waals surface area (Å²) in [5.41, 5.74) is 1.61. The van der Waals surface area contributed by atoms with E-state index in [2.05, 4.69) is 15.5 Å². The molecule has 0 radical (unpaired) electrons. The van der Waals surface area contributed by atoms with Gasteiger partial charge in [0.2, 0.25) is 5.91 Å². The maximum absolute atomic E-state index is 12.3. The number of nitrogens with zero attached hydrogens (tertiary/aromatic N) is 3. The predicted octanol–water partition coefficient (Wildman–Crippen LogP) is 5.25. The van der Waals surface area contributed by atoms with Gasteiger partial charge in [-0.15, -0.1) is 10.2 Å². The van der Waals surface area contributed by atoms with Gasteiger partial charge in [-0.2, -0.15) is 0 Å². The Balaban J connectivity index is 2.02. The fourth-order valence-electron chi connectivity index (χ4n) is 2.60. The van der Waals surface area contributed by atoms with Crippen LogP contribution in [0.1, 0.15) is 20.3 Å². The largest absolute Gasteiger partial charge is 0.355 e. The standard InChI is InChI=1S/C20H20Cl2N4OS/c1-3-11-23-19(27)13(2)28-20-25-24-18(16-10-9-14(21)12-17(16)22)26(20)15-7-5-4-6-8-15/h4-10,12-13H,3,11H2,1-2H3,(H,23,27). The van der Waals surface area contributed by atoms with E-state index >= 15 is 0 Å². The quantitative estimate of drug-likeness (QED) is 0.515. The second-order valence-corrected chi connectivity index (χ2v) is 8.30. The summed E-state index contributed by atoms with van der Waals surface area (Å²) in [6, 6.07) is 15.0. The van der Waals surface area contributed by atoms with Crippen molar-refractivity contribution in [3.05, 3.63) is 58.6 Å². The third-order valence-electron chi connectivity index (χ3n) is 4.02. The summed E-state index contributed by atoms with van der Waals surface area (Å²) in [6.07, 6.45) is 0.891. The number of thioether (sulfide) groups is 1. The van der Waals surface area contributed by atoms with Gasteiger partial charge < -0.3 is 5.32 Å². The zero-order valence-electron chi connectivity index (χ0n) is 15.5. The second-order valence-electron chi connectivity index (χ2n) is 6.15. The van der Waals surface area contributed by atoms with E-state index < -0.39 is 0 Å². The summed E-state index contributed by atoms with van der Waals surface area (Å²) < 4.78 is 1.91. The summed E-state index contributed by atoms with van der Waals surface area (Å²) >= 11 is 13.8. The van der Waals surface area contributed by atoms with Crippen LogP contribution >= 0.6 is 35.0 Å². The van der Waals surface area contributed by atoms with E-state index in [1.807, 2.05) is 54.8 Å². The zero-order valence-corrected chi connectivity index (χ0v) is 17.9. The molecule has 3 rings (SSSR count). The molecule has 3 aromatic rings. The molecule has 0 aliphatic heterocycles. The molecule has 0 aliphatic carbocycles. The Labute approximate surface area is 178 Å². The molecule has 1 amide bonds. The molecule has 28 heavy (non-hydrogen) atoms. The molecule has 0 spiro atoms. The van der Waals surface area contributed by atoms with Crippen LogP contribution < -0.4 is 5.32 Å². The lowest BCUT2D eigenvalue weighted by molar-refractivity contribution is -0.120. The van der Waals surface area contributed by atoms with Gasteiger partial charge in [-0.3, -0.25) is 9.36 Å². The molecule has 2 aromatic carbocycles. The molecule has 8 heteroatoms. The summed E-state index contributed by atoms with van der Waals surface area (Å²) in [6.45, 7) is 4.53. The number of halogens is 2. The van der Waals surface area contributed by atoms with Gasteiger partial charge in [-0.25, -0.2) is 0 Å². The van der Waals surface area contributed by atoms with Crippen molar-refractivity contribution in [3.63, 3.8) is 0 Å². The van der Waals surface area contributed by atoms with Gasteiger partial charge in [0.05, 0.1) is 10.3 Å². The maximum Gasteiger partial charge on any atom is 0.233 e. The topological polar surface area (TPSA) is 59.8 Å². The SMILES string of the molecule is CCCNC(=O)C(C)Sc1nnc(-c2ccc(Cl)cc2Cl)n1-c1ccccc1. The summed E-state index contributed by atoms with van der Waals surface area (Å²) in [7, 11) is 0. The van der Waals surface area contributed by atoms with Crippen molar-refractivity contribution in [2.45, 2.75) is 30.7 Å². The lowest BCUT2D eigenvalue weighted by Gasteiger charge is -2.14. The van der Waals surface area contributed by atoms with Crippen LogP contribution in [0.15, 0.2) is 53.7 Å². The van der Waals surface area contributed by atoms with Gasteiger partial charge in [0.25, 0.3) is 0 Å². The maximum atomic E-state index is 12.3. The monoisotopic (exact) mass is 434 g/mol. The normalized spacial score (nSPS) is 12.0. The number of para-hydroxylation sites is 1. The first-order valence-corrected chi connectivity index (χ1v) is 10.6. The minimum absolute atomic E-state index is 0.0273. The van der Waals surface area contributed by atoms with Crippen molar-refractivity contribution in [3.8, 4) is 17.1 Å². The Morgan fingerprint density at radius 1 is 1.18 bits per heavy atom. The minimum atomic E-state index is -0.313. The molecule has 1 N–H and O–H groups in total. The first-order chi connectivity index (χ1) is 13.5. The Morgan fingerprint density at radius 3 is 2.61 bits per heavy atom. The smallest absolute Gasteiger partial charge is 0.233 e. The molecule has 0 aliphatic rings. The number of hydrogen-bond donors (Lipinski definition) is 1. The lowest BCUT2D eigenvalue weighted by atomic mass is 10.2. The average molecular weight is 435 g/mol. The highest BCUT2D eigenvalue weighted by Crippen LogP contribution is 2.34. The number of hydrogen-bond acceptors (Lipinski definition) is 4. The van der Waals surface area contributed by atoms with Crippen molar-refractivity contribution in [2.75, 3.05) is 6.54 Å². The van der Waals surface area contributed by atoms with Crippen LogP contribution in [-0.2, 0) is 4.79 Å². The van der Waals surface area contributed by atoms with E-state index in [9.17, 15) is 4.79 Å². The number of amides is 1. The molecule has 0 saturated heterocycles. The fourth-order valence-corrected chi connectivity index (χ4v) is 3.99. The number of benzene rings is 2. The molecule has 1 aromatic heterocycles. The molecule has 1 heterocycles. The van der Waals surface area contributed by atoms with Crippen molar-refractivity contribution in [1.82, 2.24) is 20.1 Å². The van der Waals surface area contributed by atoms with Crippen LogP contribution in [-0.4, -0.2) is 32.5 Å². The third kappa shape index (κ3) is 4.69. The van der Waals surface area contributed by atoms with Crippen molar-refractivity contribution >= 4 is 40.9 Å². The highest BCUT2D eigenvalue weighted by molar-refractivity contribution is 8.00. The summed E-state index contributed by atoms with van der Waals surface area (Å²) in [5, 5.41) is 13.0. The Kier molecular flexibility index (Phi) is 6.99. The van der Waals surface area contributed by atoms with Crippen molar-refractivity contribution < 1.29 is 4.79 Å². The fraction of sp³-hybridized carbons (Fsp3) is 0.250. The third-order valence-corrected chi connectivity index (χ3v) is 5.61. The molecular formula is C20H20Cl2N4OS. The van der Waals surface area contributed by atoms with Gasteiger partial charge in [-0.05, 0) is 43.7 Å². The zero-order chi connectivity index (χ0) is 20.1. The first-order valence-electron chi connectivity index (χ1n) is 8.92. The molecule has 0 saturated carbocycles. The van der Waals surface area contributed by atoms with E-state index in [0.29, 0.717) is 27.6 Å². The Hall–Kier alpha value is -2.02. The van der Waals surface area contributed by atoms with Crippen LogP contribution in [0, 0.1) is 0 Å². The van der Waals surface area contributed by atoms with Gasteiger partial charge in [-0.1, -0.05) is 60.1 Å². The molecule has 0 fully saturated rings. The van der Waals surface area contributed by atoms with Crippen LogP contribution in [0.25, 0.3) is 17.1 Å². The molecular weight excluding hydrogens is 415 g/mol. The highest BCUT2D eigenvalue weighted by Gasteiger charge is 2.22. The number of carbonyl (C=O) groups is 1. The predicted molar refractivity (Wildman–Crippen MR) is 115 cm³/mol. The van der Waals surface area contributed by atoms with Crippen molar-refractivity contribution in [1.29, 1.82) is 0 Å². The first kappa shape index (κ1) is 20.7. The second kappa shape index (κ2) is 9.45. The van der Waals surface area contributed by atoms with E-state index in [1.165, 1.54) is 11.8 Å². The van der Waals surface area contributed by atoms with Crippen molar-refractivity contribution in [2.24, 2.45) is 0 Å². The number of rotatable bonds is 7. The molecule has 5 nitrogen and oxygen atoms in total. The van der Waals surface area contributed by atoms with E-state index in [4.69, 9.17) is 23.2 Å². The number of nitrogens with one attached hydrogen (secondary N) is 1. The Morgan fingerprint density at radius 2 is 1.93 bits per heavy atom. The van der Waals surface area contributed by atoms with E-state index in [1.54, 1.807) is 12.1 Å². The molecule has 146 valence electrons. The van der Waals surface area contributed by atoms with Gasteiger partial charge in [0, 0.05) is 22.8 Å². The van der Waals surface area contributed by atoms with Crippen LogP contribution in [0.3, 0.4) is 0 Å². The van der Waals surface area contributed by atoms with Gasteiger partial charge in [0.15, 0.2) is 11.0 Å². The molecule has 1 unspecified atom stereocenters. The molecule has 0 bridgehead atoms. The highest BCUT2D eigenvalue weighted by atomic mass is 35.5. The van der Waals surface area contributed by atoms with Gasteiger partial charge in [0.1, 0.15) is 0 Å². The summed E-state index contributed by atoms with van der Waals surface area (Å²) in [4.78, 5) is 12.3. The molecule has 1 atom stereocenters. The van der Waals surface area contributed by atoms with Crippen LogP contribution in [0.2, 0.25) is 10.0 Å². The average Bonchev–Trinajstić information content (AvgIpc) is 3.09. The van der Waals surface area contributed by atoms with Gasteiger partial charge >= 0.3 is 0 Å². The minimum Gasteiger partial charge on any atom is -0.355 e. The number of aromatic nitrogens is 3. The Bertz CT molecular complexity index is 962. The van der Waals surface area contributed by atoms with E-state index in [-0.39, 0.29) is 11.2 Å². The van der Waals surface area contributed by atoms with Crippen LogP contribution in [0.4, 0.5) is 0 Å². The van der Waals surface area contributed by atoms with Crippen LogP contribution in [0.5, 0.6) is 0 Å². The van der Waals surface area contributed by atoms with E-state index in [0.717, 1.165) is 17.7 Å². The lowest BCUT2D eigenvalue weighted by Crippen LogP contribution is -2.31. The summed E-state index contributed by atoms with van der Waals surface area (Å²) in [5.74, 6) is 0.567. The number of carbonyl (C=O) groups excluding carboxylic acids is 1.